The molecule has 2 unspecified atom stereocenters. The summed E-state index contributed by atoms with van der Waals surface area (Å²) in [6.45, 7) is 19.7. The molecule has 2 heterocycles. The van der Waals surface area contributed by atoms with Gasteiger partial charge in [-0.1, -0.05) is 97.8 Å². The minimum absolute atomic E-state index is 0.0910. The molecule has 3 atom stereocenters. The zero-order valence-electron chi connectivity index (χ0n) is 34.8. The van der Waals surface area contributed by atoms with Gasteiger partial charge in [0.1, 0.15) is 12.0 Å². The van der Waals surface area contributed by atoms with Crippen molar-refractivity contribution in [2.24, 2.45) is 5.92 Å². The monoisotopic (exact) mass is 772 g/mol. The van der Waals surface area contributed by atoms with Crippen LogP contribution in [0.25, 0.3) is 10.8 Å². The molecule has 4 rings (SSSR count). The third kappa shape index (κ3) is 23.0. The van der Waals surface area contributed by atoms with Crippen LogP contribution in [0, 0.1) is 5.92 Å². The van der Waals surface area contributed by atoms with Crippen molar-refractivity contribution in [3.8, 4) is 5.75 Å². The number of phenolic OH excluding ortho intramolecular Hbond substituents is 1. The highest BCUT2D eigenvalue weighted by atomic mass is 32.2. The third-order valence-electron chi connectivity index (χ3n) is 9.62. The lowest BCUT2D eigenvalue weighted by atomic mass is 9.93. The number of carbonyl (C=O) groups is 1. The summed E-state index contributed by atoms with van der Waals surface area (Å²) in [5.74, 6) is 0.961. The molecule has 2 aliphatic rings. The van der Waals surface area contributed by atoms with Gasteiger partial charge in [-0.05, 0) is 119 Å². The number of likely N-dealkylation sites (tertiary alicyclic amines) is 1. The topological polar surface area (TPSA) is 130 Å². The van der Waals surface area contributed by atoms with E-state index in [1.54, 1.807) is 12.3 Å². The molecule has 0 bridgehead atoms. The number of aromatic amines is 1. The van der Waals surface area contributed by atoms with Crippen molar-refractivity contribution >= 4 is 29.0 Å². The fourth-order valence-corrected chi connectivity index (χ4v) is 7.02. The minimum Gasteiger partial charge on any atom is -0.508 e. The van der Waals surface area contributed by atoms with Gasteiger partial charge in [0.15, 0.2) is 0 Å². The summed E-state index contributed by atoms with van der Waals surface area (Å²) in [7, 11) is 5.20. The third-order valence-corrected chi connectivity index (χ3v) is 10.8. The number of likely N-dealkylation sites (N-methyl/N-ethyl adjacent to an activating group) is 2. The number of aldehydes is 1. The molecule has 1 aromatic carbocycles. The molecule has 1 aromatic heterocycles. The number of hydrogen-bond acceptors (Lipinski definition) is 9. The Morgan fingerprint density at radius 1 is 1.04 bits per heavy atom. The summed E-state index contributed by atoms with van der Waals surface area (Å²) in [6.07, 6.45) is 26.2. The maximum absolute atomic E-state index is 11.8. The van der Waals surface area contributed by atoms with Gasteiger partial charge in [-0.2, -0.15) is 0 Å². The van der Waals surface area contributed by atoms with Crippen LogP contribution in [0.3, 0.4) is 0 Å². The molecular weight excluding hydrogens is 695 g/mol. The number of rotatable bonds is 22. The number of unbranched alkanes of at least 4 members (excludes halogenated alkanes) is 8. The predicted octanol–water partition coefficient (Wildman–Crippen LogP) is 9.03. The lowest BCUT2D eigenvalue weighted by molar-refractivity contribution is -0.107. The van der Waals surface area contributed by atoms with Gasteiger partial charge >= 0.3 is 0 Å². The Bertz CT molecular complexity index is 1320. The van der Waals surface area contributed by atoms with Gasteiger partial charge in [0.2, 0.25) is 0 Å². The second kappa shape index (κ2) is 33.3. The molecule has 2 fully saturated rings. The minimum atomic E-state index is -0.0910. The number of hydrogen-bond donors (Lipinski definition) is 6. The molecule has 2 aromatic rings. The van der Waals surface area contributed by atoms with Crippen LogP contribution < -0.4 is 20.9 Å². The van der Waals surface area contributed by atoms with Gasteiger partial charge in [-0.25, -0.2) is 0 Å². The van der Waals surface area contributed by atoms with Crippen molar-refractivity contribution in [2.75, 3.05) is 34.3 Å². The normalized spacial score (nSPS) is 15.6. The number of aliphatic hydroxyl groups is 1. The van der Waals surface area contributed by atoms with Gasteiger partial charge in [0.25, 0.3) is 5.56 Å². The van der Waals surface area contributed by atoms with Gasteiger partial charge < -0.3 is 35.3 Å². The van der Waals surface area contributed by atoms with E-state index >= 15 is 0 Å². The molecule has 1 saturated heterocycles. The highest BCUT2D eigenvalue weighted by molar-refractivity contribution is 7.98. The van der Waals surface area contributed by atoms with E-state index in [1.807, 2.05) is 37.2 Å². The second-order valence-corrected chi connectivity index (χ2v) is 15.2. The molecule has 1 saturated carbocycles. The van der Waals surface area contributed by atoms with Crippen LogP contribution in [0.2, 0.25) is 0 Å². The first-order chi connectivity index (χ1) is 26.2. The maximum Gasteiger partial charge on any atom is 0.255 e. The number of benzene rings is 1. The first-order valence-corrected chi connectivity index (χ1v) is 21.2. The Labute approximate surface area is 333 Å². The van der Waals surface area contributed by atoms with E-state index in [1.165, 1.54) is 103 Å². The average molecular weight is 772 g/mol. The fourth-order valence-electron chi connectivity index (χ4n) is 6.20. The van der Waals surface area contributed by atoms with Gasteiger partial charge in [-0.3, -0.25) is 9.69 Å². The number of aromatic nitrogens is 1. The number of nitrogens with zero attached hydrogens (tertiary/aromatic N) is 1. The molecule has 0 radical (unpaired) electrons. The molecule has 54 heavy (non-hydrogen) atoms. The van der Waals surface area contributed by atoms with Crippen molar-refractivity contribution in [1.82, 2.24) is 25.2 Å². The fraction of sp³-hybridized carbons (Fsp3) is 0.636. The predicted molar refractivity (Wildman–Crippen MR) is 235 cm³/mol. The molecule has 1 aliphatic carbocycles. The molecule has 308 valence electrons. The van der Waals surface area contributed by atoms with Gasteiger partial charge in [0.05, 0.1) is 6.54 Å². The number of pyridine rings is 1. The summed E-state index contributed by atoms with van der Waals surface area (Å²) < 4.78 is 3.44. The van der Waals surface area contributed by atoms with Crippen LogP contribution in [-0.4, -0.2) is 78.0 Å². The van der Waals surface area contributed by atoms with Crippen molar-refractivity contribution in [3.05, 3.63) is 78.0 Å². The number of carbonyl (C=O) groups excluding carboxylic acids is 1. The van der Waals surface area contributed by atoms with E-state index in [-0.39, 0.29) is 5.56 Å². The molecule has 9 nitrogen and oxygen atoms in total. The number of nitrogens with one attached hydrogen (secondary N) is 4. The first kappa shape index (κ1) is 51.0. The van der Waals surface area contributed by atoms with Crippen molar-refractivity contribution in [2.45, 2.75) is 141 Å². The number of aromatic hydroxyl groups is 1. The Hall–Kier alpha value is -3.05. The van der Waals surface area contributed by atoms with E-state index in [9.17, 15) is 14.7 Å². The van der Waals surface area contributed by atoms with Gasteiger partial charge in [0, 0.05) is 41.7 Å². The zero-order valence-corrected chi connectivity index (χ0v) is 35.6. The van der Waals surface area contributed by atoms with E-state index in [0.717, 1.165) is 48.1 Å². The van der Waals surface area contributed by atoms with Crippen LogP contribution in [0.4, 0.5) is 0 Å². The average Bonchev–Trinajstić information content (AvgIpc) is 3.92. The van der Waals surface area contributed by atoms with Crippen LogP contribution >= 0.6 is 11.9 Å². The molecule has 1 aliphatic heterocycles. The largest absolute Gasteiger partial charge is 0.508 e. The number of aliphatic hydroxyl groups excluding tert-OH is 1. The summed E-state index contributed by atoms with van der Waals surface area (Å²) in [4.78, 5) is 26.2. The maximum atomic E-state index is 11.8. The lowest BCUT2D eigenvalue weighted by Gasteiger charge is -2.26. The highest BCUT2D eigenvalue weighted by Crippen LogP contribution is 2.33. The number of phenols is 1. The van der Waals surface area contributed by atoms with E-state index in [4.69, 9.17) is 5.11 Å². The highest BCUT2D eigenvalue weighted by Gasteiger charge is 2.24. The summed E-state index contributed by atoms with van der Waals surface area (Å²) in [5, 5.41) is 25.3. The van der Waals surface area contributed by atoms with Crippen LogP contribution in [-0.2, 0) is 11.2 Å². The Morgan fingerprint density at radius 3 is 2.20 bits per heavy atom. The smallest absolute Gasteiger partial charge is 0.255 e. The molecule has 0 amide bonds. The van der Waals surface area contributed by atoms with E-state index in [2.05, 4.69) is 72.8 Å². The molecular formula is C44H77N5O4S. The second-order valence-electron chi connectivity index (χ2n) is 14.1. The molecule has 10 heteroatoms. The molecule has 0 spiro atoms. The van der Waals surface area contributed by atoms with E-state index < -0.39 is 0 Å². The SMILES string of the molecule is C=C(NSC1CC1)C(NC)[C@@H](C)CCCCCC.C=CC1CCCN1C.C=CNCC=O.CCCCCCCCc1cc2c(=O)[nH]ccc2cc1O.CO. The number of fused-ring (bicyclic) bond motifs is 1. The Balaban J connectivity index is 0.000000750. The van der Waals surface area contributed by atoms with Crippen LogP contribution in [0.15, 0.2) is 66.9 Å². The van der Waals surface area contributed by atoms with Gasteiger partial charge in [-0.15, -0.1) is 6.58 Å². The van der Waals surface area contributed by atoms with Crippen molar-refractivity contribution in [1.29, 1.82) is 0 Å². The zero-order chi connectivity index (χ0) is 40.6. The van der Waals surface area contributed by atoms with Crippen LogP contribution in [0.1, 0.15) is 123 Å². The number of aryl methyl sites for hydroxylation is 1. The number of H-pyrrole nitrogens is 1. The Morgan fingerprint density at radius 2 is 1.69 bits per heavy atom. The first-order valence-electron chi connectivity index (χ1n) is 20.3. The standard InChI is InChI=1S/C17H23NO2.C15H30N2S.C7H13N.C4H7NO.CH4O/c1-2-3-4-5-6-7-8-14-11-15-13(12-16(14)19)9-10-18-17(15)20;1-5-6-7-8-9-12(2)15(16-4)13(3)17-18-14-10-11-14;1-3-7-5-4-6-8(7)2;1-2-5-3-4-6;1-2/h9-12,19H,2-8H2,1H3,(H,18,20);12,14-17H,3,5-11H2,1-2,4H3;3,7H,1,4-6H2,2H3;2,4-5H,1,3H2;2H,1H3/t;12-,15?;;;/m.0.../s1. The van der Waals surface area contributed by atoms with Crippen LogP contribution in [0.5, 0.6) is 5.75 Å². The summed E-state index contributed by atoms with van der Waals surface area (Å²) >= 11 is 1.85. The lowest BCUT2D eigenvalue weighted by Crippen LogP contribution is -2.37. The van der Waals surface area contributed by atoms with Crippen molar-refractivity contribution < 1.29 is 15.0 Å². The van der Waals surface area contributed by atoms with E-state index in [0.29, 0.717) is 35.7 Å². The Kier molecular flexibility index (Phi) is 31.4. The summed E-state index contributed by atoms with van der Waals surface area (Å²) in [6, 6.07) is 6.39. The van der Waals surface area contributed by atoms with Crippen molar-refractivity contribution in [3.63, 3.8) is 0 Å². The molecule has 6 N–H and O–H groups in total. The quantitative estimate of drug-likeness (QED) is 0.0301. The summed E-state index contributed by atoms with van der Waals surface area (Å²) in [5.41, 5.74) is 1.94.